The molecule has 3 aromatic rings. The first kappa shape index (κ1) is 19.3. The van der Waals surface area contributed by atoms with Crippen LogP contribution < -0.4 is 10.2 Å². The highest BCUT2D eigenvalue weighted by molar-refractivity contribution is 9.10. The molecule has 0 N–H and O–H groups in total. The zero-order valence-corrected chi connectivity index (χ0v) is 16.7. The summed E-state index contributed by atoms with van der Waals surface area (Å²) in [4.78, 5) is 12.6. The van der Waals surface area contributed by atoms with E-state index in [0.717, 1.165) is 6.26 Å². The minimum absolute atomic E-state index is 0.0855. The quantitative estimate of drug-likeness (QED) is 0.572. The Hall–Kier alpha value is -2.45. The van der Waals surface area contributed by atoms with Crippen LogP contribution in [0.3, 0.4) is 0 Å². The third-order valence-corrected chi connectivity index (χ3v) is 5.30. The van der Waals surface area contributed by atoms with Crippen molar-refractivity contribution in [3.63, 3.8) is 0 Å². The van der Waals surface area contributed by atoms with Crippen LogP contribution in [0, 0.1) is 12.7 Å². The minimum atomic E-state index is -3.36. The molecule has 0 atom stereocenters. The maximum absolute atomic E-state index is 14.1. The van der Waals surface area contributed by atoms with Gasteiger partial charge >= 0.3 is 0 Å². The Morgan fingerprint density at radius 2 is 1.74 bits per heavy atom. The van der Waals surface area contributed by atoms with Crippen molar-refractivity contribution in [2.24, 2.45) is 0 Å². The number of benzene rings is 2. The molecule has 0 aliphatic heterocycles. The molecule has 0 radical (unpaired) electrons. The van der Waals surface area contributed by atoms with E-state index in [4.69, 9.17) is 9.15 Å². The SMILES string of the molecule is Cc1cc(=O)c(Oc2ccc(Br)cc2F)c(-c2ccc(S(C)(=O)=O)cc2)o1. The molecule has 8 heteroatoms. The summed E-state index contributed by atoms with van der Waals surface area (Å²) in [5, 5.41) is 0. The first-order chi connectivity index (χ1) is 12.6. The number of hydrogen-bond acceptors (Lipinski definition) is 5. The van der Waals surface area contributed by atoms with Crippen molar-refractivity contribution in [2.75, 3.05) is 6.26 Å². The van der Waals surface area contributed by atoms with E-state index < -0.39 is 21.1 Å². The van der Waals surface area contributed by atoms with E-state index in [-0.39, 0.29) is 22.2 Å². The molecule has 0 unspecified atom stereocenters. The predicted octanol–water partition coefficient (Wildman–Crippen LogP) is 4.71. The standard InChI is InChI=1S/C19H14BrFO5S/c1-11-9-16(22)19(26-17-8-5-13(20)10-15(17)21)18(25-11)12-3-6-14(7-4-12)27(2,23)24/h3-10H,1-2H3. The zero-order valence-electron chi connectivity index (χ0n) is 14.3. The van der Waals surface area contributed by atoms with Gasteiger partial charge in [0.1, 0.15) is 5.76 Å². The Bertz CT molecular complexity index is 1170. The second-order valence-corrected chi connectivity index (χ2v) is 8.78. The van der Waals surface area contributed by atoms with Gasteiger partial charge in [0.2, 0.25) is 11.2 Å². The first-order valence-electron chi connectivity index (χ1n) is 7.73. The molecule has 140 valence electrons. The van der Waals surface area contributed by atoms with Gasteiger partial charge in [0.25, 0.3) is 0 Å². The number of halogens is 2. The van der Waals surface area contributed by atoms with Crippen LogP contribution in [-0.2, 0) is 9.84 Å². The van der Waals surface area contributed by atoms with Crippen molar-refractivity contribution in [2.45, 2.75) is 11.8 Å². The summed E-state index contributed by atoms with van der Waals surface area (Å²) in [6.45, 7) is 1.60. The Kier molecular flexibility index (Phi) is 5.21. The van der Waals surface area contributed by atoms with E-state index in [0.29, 0.717) is 15.8 Å². The van der Waals surface area contributed by atoms with E-state index in [9.17, 15) is 17.6 Å². The lowest BCUT2D eigenvalue weighted by Crippen LogP contribution is -2.07. The molecule has 1 aromatic heterocycles. The van der Waals surface area contributed by atoms with Crippen molar-refractivity contribution < 1.29 is 22.0 Å². The monoisotopic (exact) mass is 452 g/mol. The van der Waals surface area contributed by atoms with Gasteiger partial charge in [0.15, 0.2) is 27.2 Å². The molecule has 2 aromatic carbocycles. The van der Waals surface area contributed by atoms with Crippen LogP contribution in [-0.4, -0.2) is 14.7 Å². The summed E-state index contributed by atoms with van der Waals surface area (Å²) in [5.41, 5.74) is -0.0565. The van der Waals surface area contributed by atoms with Gasteiger partial charge in [0, 0.05) is 22.4 Å². The number of aryl methyl sites for hydroxylation is 1. The van der Waals surface area contributed by atoms with Crippen LogP contribution in [0.4, 0.5) is 4.39 Å². The van der Waals surface area contributed by atoms with Gasteiger partial charge in [-0.15, -0.1) is 0 Å². The molecule has 1 heterocycles. The van der Waals surface area contributed by atoms with E-state index >= 15 is 0 Å². The molecule has 0 saturated carbocycles. The van der Waals surface area contributed by atoms with Crippen LogP contribution in [0.25, 0.3) is 11.3 Å². The van der Waals surface area contributed by atoms with Gasteiger partial charge < -0.3 is 9.15 Å². The van der Waals surface area contributed by atoms with Gasteiger partial charge in [-0.05, 0) is 49.4 Å². The number of sulfone groups is 1. The lowest BCUT2D eigenvalue weighted by atomic mass is 10.1. The van der Waals surface area contributed by atoms with Crippen molar-refractivity contribution in [1.82, 2.24) is 0 Å². The normalized spacial score (nSPS) is 11.4. The van der Waals surface area contributed by atoms with Crippen LogP contribution in [0.5, 0.6) is 11.5 Å². The molecule has 0 spiro atoms. The van der Waals surface area contributed by atoms with Gasteiger partial charge in [0.05, 0.1) is 4.90 Å². The maximum Gasteiger partial charge on any atom is 0.228 e. The molecule has 3 rings (SSSR count). The average molecular weight is 453 g/mol. The fourth-order valence-electron chi connectivity index (χ4n) is 2.41. The van der Waals surface area contributed by atoms with Gasteiger partial charge in [-0.3, -0.25) is 4.79 Å². The third kappa shape index (κ3) is 4.28. The zero-order chi connectivity index (χ0) is 19.8. The topological polar surface area (TPSA) is 73.6 Å². The second kappa shape index (κ2) is 7.28. The van der Waals surface area contributed by atoms with Crippen molar-refractivity contribution in [1.29, 1.82) is 0 Å². The molecule has 0 saturated heterocycles. The number of hydrogen-bond donors (Lipinski definition) is 0. The summed E-state index contributed by atoms with van der Waals surface area (Å²) in [7, 11) is -3.36. The molecule has 0 aliphatic rings. The van der Waals surface area contributed by atoms with Gasteiger partial charge in [-0.25, -0.2) is 12.8 Å². The van der Waals surface area contributed by atoms with E-state index in [1.165, 1.54) is 42.5 Å². The lowest BCUT2D eigenvalue weighted by molar-refractivity contribution is 0.414. The molecule has 0 bridgehead atoms. The summed E-state index contributed by atoms with van der Waals surface area (Å²) >= 11 is 3.15. The van der Waals surface area contributed by atoms with Crippen LogP contribution in [0.2, 0.25) is 0 Å². The van der Waals surface area contributed by atoms with Gasteiger partial charge in [-0.2, -0.15) is 0 Å². The minimum Gasteiger partial charge on any atom is -0.457 e. The Morgan fingerprint density at radius 3 is 2.33 bits per heavy atom. The molecular weight excluding hydrogens is 439 g/mol. The Labute approximate surface area is 163 Å². The van der Waals surface area contributed by atoms with E-state index in [1.807, 2.05) is 0 Å². The summed E-state index contributed by atoms with van der Waals surface area (Å²) in [6, 6.07) is 11.2. The molecule has 5 nitrogen and oxygen atoms in total. The molecule has 0 amide bonds. The van der Waals surface area contributed by atoms with E-state index in [1.54, 1.807) is 13.0 Å². The van der Waals surface area contributed by atoms with Crippen LogP contribution >= 0.6 is 15.9 Å². The summed E-state index contributed by atoms with van der Waals surface area (Å²) < 4.78 is 49.0. The van der Waals surface area contributed by atoms with Crippen LogP contribution in [0.15, 0.2) is 67.1 Å². The lowest BCUT2D eigenvalue weighted by Gasteiger charge is -2.11. The summed E-state index contributed by atoms with van der Waals surface area (Å²) in [6.07, 6.45) is 1.10. The number of ether oxygens (including phenoxy) is 1. The number of rotatable bonds is 4. The van der Waals surface area contributed by atoms with Crippen LogP contribution in [0.1, 0.15) is 5.76 Å². The highest BCUT2D eigenvalue weighted by Crippen LogP contribution is 2.33. The largest absolute Gasteiger partial charge is 0.457 e. The van der Waals surface area contributed by atoms with Crippen molar-refractivity contribution in [3.05, 3.63) is 74.8 Å². The smallest absolute Gasteiger partial charge is 0.228 e. The predicted molar refractivity (Wildman–Crippen MR) is 102 cm³/mol. The van der Waals surface area contributed by atoms with E-state index in [2.05, 4.69) is 15.9 Å². The Morgan fingerprint density at radius 1 is 1.07 bits per heavy atom. The first-order valence-corrected chi connectivity index (χ1v) is 10.4. The van der Waals surface area contributed by atoms with Gasteiger partial charge in [-0.1, -0.05) is 15.9 Å². The second-order valence-electron chi connectivity index (χ2n) is 5.85. The average Bonchev–Trinajstić information content (AvgIpc) is 2.58. The molecular formula is C19H14BrFO5S. The fourth-order valence-corrected chi connectivity index (χ4v) is 3.37. The van der Waals surface area contributed by atoms with Crippen molar-refractivity contribution >= 4 is 25.8 Å². The highest BCUT2D eigenvalue weighted by atomic mass is 79.9. The molecule has 27 heavy (non-hydrogen) atoms. The maximum atomic E-state index is 14.1. The fraction of sp³-hybridized carbons (Fsp3) is 0.105. The molecule has 0 aliphatic carbocycles. The summed E-state index contributed by atoms with van der Waals surface area (Å²) in [5.74, 6) is -0.548. The third-order valence-electron chi connectivity index (χ3n) is 3.68. The Balaban J connectivity index is 2.12. The van der Waals surface area contributed by atoms with Crippen molar-refractivity contribution in [3.8, 4) is 22.8 Å². The molecule has 0 fully saturated rings. The highest BCUT2D eigenvalue weighted by Gasteiger charge is 2.18.